The van der Waals surface area contributed by atoms with Gasteiger partial charge in [0.1, 0.15) is 0 Å². The van der Waals surface area contributed by atoms with Crippen LogP contribution in [-0.2, 0) is 11.3 Å². The summed E-state index contributed by atoms with van der Waals surface area (Å²) in [6.07, 6.45) is 1.89. The van der Waals surface area contributed by atoms with Crippen LogP contribution in [0.3, 0.4) is 0 Å². The molecule has 1 aromatic heterocycles. The molecule has 0 bridgehead atoms. The number of rotatable bonds is 5. The predicted molar refractivity (Wildman–Crippen MR) is 99.4 cm³/mol. The molecule has 1 aliphatic heterocycles. The average Bonchev–Trinajstić information content (AvgIpc) is 2.60. The summed E-state index contributed by atoms with van der Waals surface area (Å²) in [5, 5.41) is 3.27. The second-order valence-corrected chi connectivity index (χ2v) is 6.68. The third-order valence-electron chi connectivity index (χ3n) is 4.56. The Bertz CT molecular complexity index is 724. The lowest BCUT2D eigenvalue weighted by atomic mass is 9.97. The number of hydrogen-bond donors (Lipinski definition) is 2. The highest BCUT2D eigenvalue weighted by atomic mass is 16.1. The van der Waals surface area contributed by atoms with Gasteiger partial charge in [-0.15, -0.1) is 0 Å². The number of piperidine rings is 1. The van der Waals surface area contributed by atoms with Crippen molar-refractivity contribution in [1.29, 1.82) is 0 Å². The molecule has 3 rings (SSSR count). The fourth-order valence-corrected chi connectivity index (χ4v) is 3.25. The van der Waals surface area contributed by atoms with E-state index in [1.54, 1.807) is 0 Å². The lowest BCUT2D eigenvalue weighted by Crippen LogP contribution is -2.41. The minimum absolute atomic E-state index is 0.0446. The Hall–Kier alpha value is -2.63. The van der Waals surface area contributed by atoms with E-state index < -0.39 is 0 Å². The van der Waals surface area contributed by atoms with E-state index in [1.807, 2.05) is 19.9 Å². The Morgan fingerprint density at radius 1 is 1.24 bits per heavy atom. The molecule has 6 nitrogen and oxygen atoms in total. The standard InChI is InChI=1S/C19H25N5O/c1-13-10-14(2)23-19(22-13)21-11-15-5-7-17(8-6-15)24-9-3-4-16(12-24)18(20)25/h5-8,10,16H,3-4,9,11-12H2,1-2H3,(H2,20,25)(H,21,22,23)/t16-/m1/s1. The van der Waals surface area contributed by atoms with E-state index in [9.17, 15) is 4.79 Å². The third-order valence-corrected chi connectivity index (χ3v) is 4.56. The van der Waals surface area contributed by atoms with Gasteiger partial charge in [-0.1, -0.05) is 12.1 Å². The van der Waals surface area contributed by atoms with Gasteiger partial charge in [0.2, 0.25) is 11.9 Å². The molecule has 0 spiro atoms. The quantitative estimate of drug-likeness (QED) is 0.874. The summed E-state index contributed by atoms with van der Waals surface area (Å²) in [4.78, 5) is 22.4. The van der Waals surface area contributed by atoms with Gasteiger partial charge in [0.25, 0.3) is 0 Å². The topological polar surface area (TPSA) is 84.1 Å². The van der Waals surface area contributed by atoms with Crippen molar-refractivity contribution in [2.75, 3.05) is 23.3 Å². The van der Waals surface area contributed by atoms with Crippen LogP contribution in [-0.4, -0.2) is 29.0 Å². The van der Waals surface area contributed by atoms with Crippen LogP contribution in [0, 0.1) is 19.8 Å². The highest BCUT2D eigenvalue weighted by Crippen LogP contribution is 2.23. The monoisotopic (exact) mass is 339 g/mol. The van der Waals surface area contributed by atoms with Crippen LogP contribution < -0.4 is 16.0 Å². The van der Waals surface area contributed by atoms with Gasteiger partial charge in [-0.25, -0.2) is 9.97 Å². The van der Waals surface area contributed by atoms with E-state index >= 15 is 0 Å². The molecule has 1 fully saturated rings. The van der Waals surface area contributed by atoms with E-state index in [0.29, 0.717) is 19.0 Å². The normalized spacial score (nSPS) is 17.4. The number of benzene rings is 1. The Labute approximate surface area is 148 Å². The lowest BCUT2D eigenvalue weighted by Gasteiger charge is -2.33. The van der Waals surface area contributed by atoms with Gasteiger partial charge in [-0.05, 0) is 50.5 Å². The summed E-state index contributed by atoms with van der Waals surface area (Å²) in [6, 6.07) is 10.3. The highest BCUT2D eigenvalue weighted by Gasteiger charge is 2.23. The summed E-state index contributed by atoms with van der Waals surface area (Å²) in [5.74, 6) is 0.415. The number of hydrogen-bond acceptors (Lipinski definition) is 5. The predicted octanol–water partition coefficient (Wildman–Crippen LogP) is 2.41. The molecule has 1 atom stereocenters. The first-order valence-corrected chi connectivity index (χ1v) is 8.70. The fourth-order valence-electron chi connectivity index (χ4n) is 3.25. The number of nitrogens with two attached hydrogens (primary N) is 1. The number of anilines is 2. The van der Waals surface area contributed by atoms with Crippen molar-refractivity contribution < 1.29 is 4.79 Å². The molecule has 0 saturated carbocycles. The van der Waals surface area contributed by atoms with Gasteiger partial charge < -0.3 is 16.0 Å². The van der Waals surface area contributed by atoms with Gasteiger partial charge >= 0.3 is 0 Å². The fraction of sp³-hybridized carbons (Fsp3) is 0.421. The Kier molecular flexibility index (Phi) is 5.16. The van der Waals surface area contributed by atoms with Crippen LogP contribution in [0.25, 0.3) is 0 Å². The lowest BCUT2D eigenvalue weighted by molar-refractivity contribution is -0.122. The van der Waals surface area contributed by atoms with Gasteiger partial charge in [-0.3, -0.25) is 4.79 Å². The SMILES string of the molecule is Cc1cc(C)nc(NCc2ccc(N3CCC[C@@H](C(N)=O)C3)cc2)n1. The van der Waals surface area contributed by atoms with Crippen LogP contribution in [0.2, 0.25) is 0 Å². The summed E-state index contributed by atoms with van der Waals surface area (Å²) in [6.45, 7) is 6.29. The number of aryl methyl sites for hydroxylation is 2. The molecular formula is C19H25N5O. The van der Waals surface area contributed by atoms with Crippen molar-refractivity contribution in [1.82, 2.24) is 9.97 Å². The number of aromatic nitrogens is 2. The first-order valence-electron chi connectivity index (χ1n) is 8.70. The van der Waals surface area contributed by atoms with E-state index in [0.717, 1.165) is 42.0 Å². The summed E-state index contributed by atoms with van der Waals surface area (Å²) in [7, 11) is 0. The molecule has 132 valence electrons. The van der Waals surface area contributed by atoms with Crippen LogP contribution in [0.15, 0.2) is 30.3 Å². The number of primary amides is 1. The summed E-state index contributed by atoms with van der Waals surface area (Å²) < 4.78 is 0. The number of nitrogens with one attached hydrogen (secondary N) is 1. The van der Waals surface area contributed by atoms with Crippen LogP contribution in [0.1, 0.15) is 29.8 Å². The molecule has 1 saturated heterocycles. The molecule has 6 heteroatoms. The molecule has 1 amide bonds. The molecule has 1 aliphatic rings. The van der Waals surface area contributed by atoms with Crippen LogP contribution in [0.5, 0.6) is 0 Å². The molecule has 0 radical (unpaired) electrons. The minimum Gasteiger partial charge on any atom is -0.371 e. The molecular weight excluding hydrogens is 314 g/mol. The van der Waals surface area contributed by atoms with Gasteiger partial charge in [-0.2, -0.15) is 0 Å². The molecule has 3 N–H and O–H groups in total. The number of nitrogens with zero attached hydrogens (tertiary/aromatic N) is 3. The minimum atomic E-state index is -0.195. The van der Waals surface area contributed by atoms with Crippen LogP contribution in [0.4, 0.5) is 11.6 Å². The van der Waals surface area contributed by atoms with Crippen molar-refractivity contribution in [2.24, 2.45) is 11.7 Å². The molecule has 1 aromatic carbocycles. The van der Waals surface area contributed by atoms with Crippen molar-refractivity contribution in [3.8, 4) is 0 Å². The average molecular weight is 339 g/mol. The highest BCUT2D eigenvalue weighted by molar-refractivity contribution is 5.77. The third kappa shape index (κ3) is 4.47. The number of carbonyl (C=O) groups excluding carboxylic acids is 1. The van der Waals surface area contributed by atoms with E-state index in [-0.39, 0.29) is 11.8 Å². The first kappa shape index (κ1) is 17.2. The maximum Gasteiger partial charge on any atom is 0.223 e. The zero-order valence-corrected chi connectivity index (χ0v) is 14.8. The van der Waals surface area contributed by atoms with Crippen molar-refractivity contribution >= 4 is 17.5 Å². The Balaban J connectivity index is 1.61. The molecule has 0 unspecified atom stereocenters. The zero-order chi connectivity index (χ0) is 17.8. The van der Waals surface area contributed by atoms with Gasteiger partial charge in [0, 0.05) is 36.7 Å². The Morgan fingerprint density at radius 3 is 2.56 bits per heavy atom. The first-order chi connectivity index (χ1) is 12.0. The second kappa shape index (κ2) is 7.51. The van der Waals surface area contributed by atoms with E-state index in [2.05, 4.69) is 44.5 Å². The molecule has 2 aromatic rings. The summed E-state index contributed by atoms with van der Waals surface area (Å²) >= 11 is 0. The number of carbonyl (C=O) groups is 1. The second-order valence-electron chi connectivity index (χ2n) is 6.68. The van der Waals surface area contributed by atoms with Crippen molar-refractivity contribution in [3.63, 3.8) is 0 Å². The smallest absolute Gasteiger partial charge is 0.223 e. The van der Waals surface area contributed by atoms with E-state index in [4.69, 9.17) is 5.73 Å². The number of amides is 1. The van der Waals surface area contributed by atoms with Gasteiger partial charge in [0.05, 0.1) is 5.92 Å². The summed E-state index contributed by atoms with van der Waals surface area (Å²) in [5.41, 5.74) is 9.68. The van der Waals surface area contributed by atoms with E-state index in [1.165, 1.54) is 0 Å². The molecule has 0 aliphatic carbocycles. The Morgan fingerprint density at radius 2 is 1.92 bits per heavy atom. The van der Waals surface area contributed by atoms with Crippen molar-refractivity contribution in [2.45, 2.75) is 33.2 Å². The maximum atomic E-state index is 11.4. The van der Waals surface area contributed by atoms with Crippen molar-refractivity contribution in [3.05, 3.63) is 47.3 Å². The molecule has 25 heavy (non-hydrogen) atoms. The largest absolute Gasteiger partial charge is 0.371 e. The van der Waals surface area contributed by atoms with Crippen LogP contribution >= 0.6 is 0 Å². The zero-order valence-electron chi connectivity index (χ0n) is 14.8. The van der Waals surface area contributed by atoms with Gasteiger partial charge in [0.15, 0.2) is 0 Å². The molecule has 2 heterocycles. The maximum absolute atomic E-state index is 11.4.